The Morgan fingerprint density at radius 2 is 0.962 bits per heavy atom. The molecule has 0 saturated carbocycles. The van der Waals surface area contributed by atoms with Crippen LogP contribution >= 0.6 is 0 Å². The van der Waals surface area contributed by atoms with Crippen molar-refractivity contribution in [3.8, 4) is 0 Å². The fourth-order valence-electron chi connectivity index (χ4n) is 3.24. The summed E-state index contributed by atoms with van der Waals surface area (Å²) in [5, 5.41) is 0. The van der Waals surface area contributed by atoms with Crippen LogP contribution in [0.4, 0.5) is 0 Å². The fourth-order valence-corrected chi connectivity index (χ4v) is 3.24. The minimum absolute atomic E-state index is 0.0827. The van der Waals surface area contributed by atoms with E-state index in [1.807, 2.05) is 0 Å². The highest BCUT2D eigenvalue weighted by Crippen LogP contribution is 2.17. The Morgan fingerprint density at radius 3 is 1.42 bits per heavy atom. The number of hydrogen-bond donors (Lipinski definition) is 0. The van der Waals surface area contributed by atoms with E-state index in [1.165, 1.54) is 84.8 Å². The second-order valence-corrected chi connectivity index (χ2v) is 7.58. The third-order valence-corrected chi connectivity index (χ3v) is 5.12. The first-order valence-electron chi connectivity index (χ1n) is 10.7. The first kappa shape index (κ1) is 24.9. The van der Waals surface area contributed by atoms with Crippen LogP contribution in [0.3, 0.4) is 0 Å². The van der Waals surface area contributed by atoms with Gasteiger partial charge in [-0.25, -0.2) is 0 Å². The Balaban J connectivity index is 3.17. The molecule has 0 aliphatic heterocycles. The molecule has 0 aromatic carbocycles. The predicted molar refractivity (Wildman–Crippen MR) is 107 cm³/mol. The van der Waals surface area contributed by atoms with Gasteiger partial charge in [-0.1, -0.05) is 84.0 Å². The van der Waals surface area contributed by atoms with E-state index in [9.17, 15) is 9.59 Å². The van der Waals surface area contributed by atoms with Crippen LogP contribution in [0.15, 0.2) is 0 Å². The van der Waals surface area contributed by atoms with Crippen molar-refractivity contribution in [3.63, 3.8) is 0 Å². The van der Waals surface area contributed by atoms with Gasteiger partial charge in [-0.05, 0) is 18.8 Å². The van der Waals surface area contributed by atoms with Crippen LogP contribution in [0.5, 0.6) is 0 Å². The molecule has 0 bridgehead atoms. The molecule has 0 N–H and O–H groups in total. The van der Waals surface area contributed by atoms with Crippen molar-refractivity contribution in [2.24, 2.45) is 5.92 Å². The largest absolute Gasteiger partial charge is 0.469 e. The smallest absolute Gasteiger partial charge is 0.305 e. The van der Waals surface area contributed by atoms with Crippen molar-refractivity contribution in [1.29, 1.82) is 0 Å². The Kier molecular flexibility index (Phi) is 18.0. The molecule has 0 heterocycles. The minimum atomic E-state index is -0.0851. The van der Waals surface area contributed by atoms with Gasteiger partial charge in [0.2, 0.25) is 0 Å². The molecule has 1 unspecified atom stereocenters. The van der Waals surface area contributed by atoms with Gasteiger partial charge in [0.1, 0.15) is 0 Å². The molecule has 0 fully saturated rings. The van der Waals surface area contributed by atoms with E-state index in [0.29, 0.717) is 18.8 Å². The second-order valence-electron chi connectivity index (χ2n) is 7.58. The number of hydrogen-bond acceptors (Lipinski definition) is 4. The van der Waals surface area contributed by atoms with Gasteiger partial charge in [-0.2, -0.15) is 0 Å². The highest BCUT2D eigenvalue weighted by molar-refractivity contribution is 5.69. The quantitative estimate of drug-likeness (QED) is 0.212. The Labute approximate surface area is 161 Å². The van der Waals surface area contributed by atoms with Gasteiger partial charge in [0, 0.05) is 12.8 Å². The van der Waals surface area contributed by atoms with Crippen LogP contribution in [0.25, 0.3) is 0 Å². The van der Waals surface area contributed by atoms with Crippen LogP contribution in [0.2, 0.25) is 0 Å². The van der Waals surface area contributed by atoms with Crippen molar-refractivity contribution in [2.75, 3.05) is 14.2 Å². The summed E-state index contributed by atoms with van der Waals surface area (Å²) in [5.74, 6) is 0.459. The average Bonchev–Trinajstić information content (AvgIpc) is 2.65. The maximum absolute atomic E-state index is 11.1. The molecule has 4 nitrogen and oxygen atoms in total. The Hall–Kier alpha value is -1.06. The SMILES string of the molecule is COC(=O)CCCCCCCCCCCCCCC(C)CCC(=O)OC. The second kappa shape index (κ2) is 18.7. The summed E-state index contributed by atoms with van der Waals surface area (Å²) in [6.45, 7) is 2.23. The summed E-state index contributed by atoms with van der Waals surface area (Å²) in [7, 11) is 2.91. The highest BCUT2D eigenvalue weighted by Gasteiger charge is 2.06. The number of methoxy groups -OCH3 is 2. The van der Waals surface area contributed by atoms with Gasteiger partial charge >= 0.3 is 11.9 Å². The molecule has 0 saturated heterocycles. The molecular formula is C22H42O4. The van der Waals surface area contributed by atoms with E-state index in [4.69, 9.17) is 0 Å². The van der Waals surface area contributed by atoms with E-state index in [0.717, 1.165) is 19.3 Å². The Morgan fingerprint density at radius 1 is 0.577 bits per heavy atom. The highest BCUT2D eigenvalue weighted by atomic mass is 16.5. The van der Waals surface area contributed by atoms with E-state index in [1.54, 1.807) is 0 Å². The zero-order valence-corrected chi connectivity index (χ0v) is 17.5. The Bertz CT molecular complexity index is 341. The normalized spacial score (nSPS) is 12.0. The lowest BCUT2D eigenvalue weighted by atomic mass is 9.97. The third-order valence-electron chi connectivity index (χ3n) is 5.12. The number of rotatable bonds is 18. The predicted octanol–water partition coefficient (Wildman–Crippen LogP) is 6.21. The van der Waals surface area contributed by atoms with Crippen molar-refractivity contribution < 1.29 is 19.1 Å². The van der Waals surface area contributed by atoms with Crippen LogP contribution in [0, 0.1) is 5.92 Å². The topological polar surface area (TPSA) is 52.6 Å². The zero-order valence-electron chi connectivity index (χ0n) is 17.5. The summed E-state index contributed by atoms with van der Waals surface area (Å²) >= 11 is 0. The van der Waals surface area contributed by atoms with E-state index >= 15 is 0 Å². The lowest BCUT2D eigenvalue weighted by Crippen LogP contribution is -2.04. The number of ether oxygens (including phenoxy) is 2. The van der Waals surface area contributed by atoms with Crippen LogP contribution < -0.4 is 0 Å². The van der Waals surface area contributed by atoms with E-state index in [-0.39, 0.29) is 11.9 Å². The molecule has 0 aliphatic carbocycles. The molecule has 0 aromatic rings. The average molecular weight is 371 g/mol. The monoisotopic (exact) mass is 370 g/mol. The molecule has 0 rings (SSSR count). The lowest BCUT2D eigenvalue weighted by Gasteiger charge is -2.10. The molecule has 1 atom stereocenters. The molecule has 0 amide bonds. The first-order chi connectivity index (χ1) is 12.6. The first-order valence-corrected chi connectivity index (χ1v) is 10.7. The fraction of sp³-hybridized carbons (Fsp3) is 0.909. The van der Waals surface area contributed by atoms with Crippen molar-refractivity contribution in [2.45, 2.75) is 110 Å². The van der Waals surface area contributed by atoms with E-state index in [2.05, 4.69) is 16.4 Å². The van der Waals surface area contributed by atoms with Gasteiger partial charge < -0.3 is 9.47 Å². The number of carbonyl (C=O) groups is 2. The molecule has 26 heavy (non-hydrogen) atoms. The number of esters is 2. The number of carbonyl (C=O) groups excluding carboxylic acids is 2. The summed E-state index contributed by atoms with van der Waals surface area (Å²) in [4.78, 5) is 22.1. The molecule has 0 spiro atoms. The molecule has 0 aliphatic rings. The summed E-state index contributed by atoms with van der Waals surface area (Å²) in [6, 6.07) is 0. The summed E-state index contributed by atoms with van der Waals surface area (Å²) in [6.07, 6.45) is 18.7. The molecule has 0 aromatic heterocycles. The van der Waals surface area contributed by atoms with Crippen molar-refractivity contribution >= 4 is 11.9 Å². The summed E-state index contributed by atoms with van der Waals surface area (Å²) in [5.41, 5.74) is 0. The molecule has 4 heteroatoms. The van der Waals surface area contributed by atoms with Gasteiger partial charge in [0.15, 0.2) is 0 Å². The summed E-state index contributed by atoms with van der Waals surface area (Å²) < 4.78 is 9.32. The standard InChI is InChI=1S/C22H42O4/c1-20(18-19-22(24)26-3)16-14-12-10-8-6-4-5-7-9-11-13-15-17-21(23)25-2/h20H,4-19H2,1-3H3. The number of unbranched alkanes of at least 4 members (excludes halogenated alkanes) is 11. The lowest BCUT2D eigenvalue weighted by molar-refractivity contribution is -0.141. The van der Waals surface area contributed by atoms with Crippen LogP contribution in [-0.2, 0) is 19.1 Å². The van der Waals surface area contributed by atoms with Crippen LogP contribution in [0.1, 0.15) is 110 Å². The third kappa shape index (κ3) is 17.8. The minimum Gasteiger partial charge on any atom is -0.469 e. The van der Waals surface area contributed by atoms with Crippen molar-refractivity contribution in [3.05, 3.63) is 0 Å². The van der Waals surface area contributed by atoms with Gasteiger partial charge in [-0.15, -0.1) is 0 Å². The zero-order chi connectivity index (χ0) is 19.5. The van der Waals surface area contributed by atoms with E-state index < -0.39 is 0 Å². The van der Waals surface area contributed by atoms with Gasteiger partial charge in [0.05, 0.1) is 14.2 Å². The molecule has 0 radical (unpaired) electrons. The van der Waals surface area contributed by atoms with Crippen LogP contribution in [-0.4, -0.2) is 26.2 Å². The molecular weight excluding hydrogens is 328 g/mol. The van der Waals surface area contributed by atoms with Gasteiger partial charge in [-0.3, -0.25) is 9.59 Å². The maximum atomic E-state index is 11.1. The van der Waals surface area contributed by atoms with Gasteiger partial charge in [0.25, 0.3) is 0 Å². The van der Waals surface area contributed by atoms with Crippen molar-refractivity contribution in [1.82, 2.24) is 0 Å². The maximum Gasteiger partial charge on any atom is 0.305 e. The molecule has 154 valence electrons.